The lowest BCUT2D eigenvalue weighted by molar-refractivity contribution is 0.275. The van der Waals surface area contributed by atoms with Crippen LogP contribution in [0.3, 0.4) is 0 Å². The van der Waals surface area contributed by atoms with Crippen molar-refractivity contribution in [3.8, 4) is 0 Å². The number of pyridine rings is 2. The molecular weight excluding hydrogens is 432 g/mol. The molecule has 4 rings (SSSR count). The molecule has 9 nitrogen and oxygen atoms in total. The van der Waals surface area contributed by atoms with Gasteiger partial charge in [0.05, 0.1) is 41.8 Å². The fourth-order valence-corrected chi connectivity index (χ4v) is 4.02. The molecule has 0 unspecified atom stereocenters. The van der Waals surface area contributed by atoms with Gasteiger partial charge in [0.25, 0.3) is 0 Å². The van der Waals surface area contributed by atoms with Gasteiger partial charge in [0.2, 0.25) is 10.0 Å². The summed E-state index contributed by atoms with van der Waals surface area (Å²) in [5.74, 6) is -2.32. The largest absolute Gasteiger partial charge is 0.395 e. The number of sulfonamides is 1. The smallest absolute Gasteiger partial charge is 0.329 e. The van der Waals surface area contributed by atoms with Crippen molar-refractivity contribution in [1.29, 1.82) is 0 Å². The summed E-state index contributed by atoms with van der Waals surface area (Å²) in [5.41, 5.74) is 0.604. The van der Waals surface area contributed by atoms with Gasteiger partial charge < -0.3 is 5.11 Å². The van der Waals surface area contributed by atoms with Crippen molar-refractivity contribution >= 4 is 32.1 Å². The first-order valence-corrected chi connectivity index (χ1v) is 10.6. The van der Waals surface area contributed by atoms with Crippen molar-refractivity contribution in [2.24, 2.45) is 5.14 Å². The van der Waals surface area contributed by atoms with Gasteiger partial charge in [-0.25, -0.2) is 37.1 Å². The monoisotopic (exact) mass is 449 g/mol. The van der Waals surface area contributed by atoms with Crippen LogP contribution >= 0.6 is 0 Å². The number of aliphatic hydroxyl groups excluding tert-OH is 1. The summed E-state index contributed by atoms with van der Waals surface area (Å²) in [7, 11) is -4.31. The average molecular weight is 449 g/mol. The van der Waals surface area contributed by atoms with Crippen molar-refractivity contribution in [3.63, 3.8) is 0 Å². The summed E-state index contributed by atoms with van der Waals surface area (Å²) in [6.45, 7) is 0.857. The van der Waals surface area contributed by atoms with Crippen LogP contribution in [0.25, 0.3) is 22.1 Å². The summed E-state index contributed by atoms with van der Waals surface area (Å²) in [6, 6.07) is 4.62. The lowest BCUT2D eigenvalue weighted by atomic mass is 10.2. The number of primary sulfonamides is 1. The number of aryl methyl sites for hydroxylation is 1. The predicted octanol–water partition coefficient (Wildman–Crippen LogP) is 1.02. The van der Waals surface area contributed by atoms with Crippen molar-refractivity contribution in [2.45, 2.75) is 24.9 Å². The quantitative estimate of drug-likeness (QED) is 0.467. The van der Waals surface area contributed by atoms with Crippen LogP contribution in [0.15, 0.2) is 40.2 Å². The van der Waals surface area contributed by atoms with E-state index in [0.29, 0.717) is 39.9 Å². The number of rotatable bonds is 5. The normalized spacial score (nSPS) is 12.2. The number of benzene rings is 1. The Bertz CT molecular complexity index is 1490. The highest BCUT2D eigenvalue weighted by molar-refractivity contribution is 7.89. The maximum absolute atomic E-state index is 14.6. The molecule has 0 radical (unpaired) electrons. The molecule has 0 amide bonds. The fourth-order valence-electron chi connectivity index (χ4n) is 3.49. The molecule has 4 aromatic rings. The SMILES string of the molecule is Cc1ccc2c(ncc3c2n(Cc2c(F)cc(S(N)(=O)=O)cc2F)c(=O)n3CCO)n1. The van der Waals surface area contributed by atoms with Gasteiger partial charge in [-0.05, 0) is 31.2 Å². The first-order chi connectivity index (χ1) is 14.6. The van der Waals surface area contributed by atoms with Crippen LogP contribution in [0.5, 0.6) is 0 Å². The lowest BCUT2D eigenvalue weighted by Crippen LogP contribution is -2.26. The topological polar surface area (TPSA) is 133 Å². The third-order valence-corrected chi connectivity index (χ3v) is 5.82. The lowest BCUT2D eigenvalue weighted by Gasteiger charge is -2.09. The number of imidazole rings is 1. The maximum atomic E-state index is 14.6. The summed E-state index contributed by atoms with van der Waals surface area (Å²) in [6.07, 6.45) is 1.41. The Hall–Kier alpha value is -3.22. The maximum Gasteiger partial charge on any atom is 0.329 e. The second-order valence-corrected chi connectivity index (χ2v) is 8.53. The number of nitrogens with zero attached hydrogens (tertiary/aromatic N) is 4. The van der Waals surface area contributed by atoms with Gasteiger partial charge >= 0.3 is 5.69 Å². The highest BCUT2D eigenvalue weighted by Crippen LogP contribution is 2.25. The van der Waals surface area contributed by atoms with E-state index in [1.807, 2.05) is 0 Å². The Labute approximate surface area is 174 Å². The van der Waals surface area contributed by atoms with Gasteiger partial charge in [-0.1, -0.05) is 0 Å². The second-order valence-electron chi connectivity index (χ2n) is 6.97. The van der Waals surface area contributed by atoms with E-state index in [9.17, 15) is 27.1 Å². The van der Waals surface area contributed by atoms with E-state index in [0.717, 1.165) is 4.57 Å². The average Bonchev–Trinajstić information content (AvgIpc) is 2.95. The van der Waals surface area contributed by atoms with Crippen LogP contribution in [0.1, 0.15) is 11.3 Å². The molecule has 3 heterocycles. The van der Waals surface area contributed by atoms with Gasteiger partial charge in [-0.2, -0.15) is 0 Å². The van der Waals surface area contributed by atoms with Crippen LogP contribution in [-0.4, -0.2) is 39.2 Å². The Morgan fingerprint density at radius 2 is 1.84 bits per heavy atom. The number of aromatic nitrogens is 4. The molecule has 12 heteroatoms. The molecule has 3 N–H and O–H groups in total. The first kappa shape index (κ1) is 21.0. The van der Waals surface area contributed by atoms with Gasteiger partial charge in [0.15, 0.2) is 5.65 Å². The Morgan fingerprint density at radius 1 is 1.16 bits per heavy atom. The van der Waals surface area contributed by atoms with E-state index in [1.54, 1.807) is 19.1 Å². The van der Waals surface area contributed by atoms with Crippen LogP contribution in [-0.2, 0) is 23.1 Å². The zero-order valence-corrected chi connectivity index (χ0v) is 17.0. The number of hydrogen-bond acceptors (Lipinski definition) is 6. The van der Waals surface area contributed by atoms with Gasteiger partial charge in [0, 0.05) is 16.6 Å². The van der Waals surface area contributed by atoms with Crippen molar-refractivity contribution in [2.75, 3.05) is 6.61 Å². The molecule has 3 aromatic heterocycles. The minimum Gasteiger partial charge on any atom is -0.395 e. The van der Waals surface area contributed by atoms with Crippen LogP contribution in [0.4, 0.5) is 8.78 Å². The number of halogens is 2. The molecule has 1 aromatic carbocycles. The Kier molecular flexibility index (Phi) is 5.07. The minimum atomic E-state index is -4.31. The number of aliphatic hydroxyl groups is 1. The third-order valence-electron chi connectivity index (χ3n) is 4.93. The summed E-state index contributed by atoms with van der Waals surface area (Å²) < 4.78 is 54.5. The molecular formula is C19H17F2N5O4S. The van der Waals surface area contributed by atoms with Crippen molar-refractivity contribution < 1.29 is 22.3 Å². The van der Waals surface area contributed by atoms with Crippen molar-refractivity contribution in [3.05, 3.63) is 63.8 Å². The van der Waals surface area contributed by atoms with E-state index in [-0.39, 0.29) is 13.2 Å². The zero-order valence-electron chi connectivity index (χ0n) is 16.2. The molecule has 0 aliphatic carbocycles. The molecule has 0 atom stereocenters. The van der Waals surface area contributed by atoms with E-state index in [4.69, 9.17) is 5.14 Å². The molecule has 0 fully saturated rings. The van der Waals surface area contributed by atoms with E-state index < -0.39 is 44.4 Å². The fraction of sp³-hybridized carbons (Fsp3) is 0.211. The predicted molar refractivity (Wildman–Crippen MR) is 108 cm³/mol. The molecule has 0 bridgehead atoms. The standard InChI is InChI=1S/C19H17F2N5O4S/c1-10-2-3-12-17-16(8-23-18(12)24-10)25(4-5-27)19(28)26(17)9-13-14(20)6-11(7-15(13)21)31(22,29)30/h2-3,6-8,27H,4-5,9H2,1H3,(H2,22,29,30). The molecule has 0 aliphatic heterocycles. The molecule has 0 spiro atoms. The Balaban J connectivity index is 2.00. The zero-order chi connectivity index (χ0) is 22.5. The molecule has 31 heavy (non-hydrogen) atoms. The molecule has 162 valence electrons. The molecule has 0 saturated heterocycles. The van der Waals surface area contributed by atoms with E-state index in [2.05, 4.69) is 9.97 Å². The molecule has 0 saturated carbocycles. The van der Waals surface area contributed by atoms with Gasteiger partial charge in [-0.15, -0.1) is 0 Å². The first-order valence-electron chi connectivity index (χ1n) is 9.08. The van der Waals surface area contributed by atoms with Crippen LogP contribution < -0.4 is 10.8 Å². The van der Waals surface area contributed by atoms with Crippen molar-refractivity contribution in [1.82, 2.24) is 19.1 Å². The summed E-state index contributed by atoms with van der Waals surface area (Å²) >= 11 is 0. The molecule has 0 aliphatic rings. The van der Waals surface area contributed by atoms with Gasteiger partial charge in [0.1, 0.15) is 11.6 Å². The van der Waals surface area contributed by atoms with Gasteiger partial charge in [-0.3, -0.25) is 9.13 Å². The number of hydrogen-bond donors (Lipinski definition) is 2. The highest BCUT2D eigenvalue weighted by Gasteiger charge is 2.22. The van der Waals surface area contributed by atoms with E-state index >= 15 is 0 Å². The number of fused-ring (bicyclic) bond motifs is 3. The number of nitrogens with two attached hydrogens (primary N) is 1. The Morgan fingerprint density at radius 3 is 2.45 bits per heavy atom. The minimum absolute atomic E-state index is 0.0515. The van der Waals surface area contributed by atoms with Crippen LogP contribution in [0, 0.1) is 18.6 Å². The van der Waals surface area contributed by atoms with Crippen LogP contribution in [0.2, 0.25) is 0 Å². The second kappa shape index (κ2) is 7.48. The van der Waals surface area contributed by atoms with E-state index in [1.165, 1.54) is 10.8 Å². The highest BCUT2D eigenvalue weighted by atomic mass is 32.2. The third kappa shape index (κ3) is 3.58. The summed E-state index contributed by atoms with van der Waals surface area (Å²) in [4.78, 5) is 20.9. The summed E-state index contributed by atoms with van der Waals surface area (Å²) in [5, 5.41) is 14.8.